The van der Waals surface area contributed by atoms with E-state index in [1.807, 2.05) is 4.90 Å². The van der Waals surface area contributed by atoms with Crippen LogP contribution in [0.2, 0.25) is 0 Å². The van der Waals surface area contributed by atoms with Gasteiger partial charge in [0.15, 0.2) is 5.82 Å². The molecule has 1 aliphatic carbocycles. The van der Waals surface area contributed by atoms with Crippen LogP contribution in [0.5, 0.6) is 0 Å². The predicted octanol–water partition coefficient (Wildman–Crippen LogP) is 4.49. The van der Waals surface area contributed by atoms with Gasteiger partial charge in [0.25, 0.3) is 0 Å². The standard InChI is InChI=1S/C25H35N5O/c1-4-22-19(3)26-23(20-12-10-18(2)11-13-20)28-24(22)29-14-16-30(17-15-29)25(31)27-21-8-6-5-7-9-21/h10-13,21H,4-9,14-17H2,1-3H3,(H,27,31). The molecule has 1 aromatic carbocycles. The Kier molecular flexibility index (Phi) is 6.73. The lowest BCUT2D eigenvalue weighted by molar-refractivity contribution is 0.186. The summed E-state index contributed by atoms with van der Waals surface area (Å²) in [6.45, 7) is 9.38. The molecule has 0 unspecified atom stereocenters. The van der Waals surface area contributed by atoms with Crippen LogP contribution < -0.4 is 10.2 Å². The fourth-order valence-corrected chi connectivity index (χ4v) is 4.72. The van der Waals surface area contributed by atoms with Gasteiger partial charge in [-0.05, 0) is 33.1 Å². The number of aryl methyl sites for hydroxylation is 2. The smallest absolute Gasteiger partial charge is 0.317 e. The lowest BCUT2D eigenvalue weighted by Crippen LogP contribution is -2.54. The zero-order chi connectivity index (χ0) is 21.8. The highest BCUT2D eigenvalue weighted by molar-refractivity contribution is 5.75. The molecule has 2 aliphatic rings. The zero-order valence-electron chi connectivity index (χ0n) is 19.2. The average Bonchev–Trinajstić information content (AvgIpc) is 2.80. The molecule has 2 aromatic rings. The van der Waals surface area contributed by atoms with E-state index >= 15 is 0 Å². The third-order valence-electron chi connectivity index (χ3n) is 6.65. The Labute approximate surface area is 186 Å². The van der Waals surface area contributed by atoms with E-state index in [-0.39, 0.29) is 6.03 Å². The zero-order valence-corrected chi connectivity index (χ0v) is 19.2. The second kappa shape index (κ2) is 9.67. The highest BCUT2D eigenvalue weighted by Gasteiger charge is 2.26. The van der Waals surface area contributed by atoms with Gasteiger partial charge in [0.2, 0.25) is 0 Å². The third kappa shape index (κ3) is 5.00. The molecule has 2 amide bonds. The number of hydrogen-bond donors (Lipinski definition) is 1. The average molecular weight is 422 g/mol. The van der Waals surface area contributed by atoms with Gasteiger partial charge in [-0.15, -0.1) is 0 Å². The fraction of sp³-hybridized carbons (Fsp3) is 0.560. The topological polar surface area (TPSA) is 61.4 Å². The second-order valence-corrected chi connectivity index (χ2v) is 8.91. The van der Waals surface area contributed by atoms with Crippen molar-refractivity contribution in [1.82, 2.24) is 20.2 Å². The number of hydrogen-bond acceptors (Lipinski definition) is 4. The molecule has 31 heavy (non-hydrogen) atoms. The minimum absolute atomic E-state index is 0.0986. The Hall–Kier alpha value is -2.63. The Morgan fingerprint density at radius 2 is 1.68 bits per heavy atom. The molecule has 2 fully saturated rings. The number of rotatable bonds is 4. The molecule has 2 heterocycles. The first-order chi connectivity index (χ1) is 15.0. The molecule has 0 bridgehead atoms. The molecule has 0 atom stereocenters. The molecule has 1 aliphatic heterocycles. The van der Waals surface area contributed by atoms with Gasteiger partial charge in [-0.1, -0.05) is 56.0 Å². The molecular weight excluding hydrogens is 386 g/mol. The van der Waals surface area contributed by atoms with Crippen molar-refractivity contribution >= 4 is 11.8 Å². The summed E-state index contributed by atoms with van der Waals surface area (Å²) in [6, 6.07) is 8.84. The quantitative estimate of drug-likeness (QED) is 0.790. The normalized spacial score (nSPS) is 17.6. The van der Waals surface area contributed by atoms with E-state index in [9.17, 15) is 4.79 Å². The second-order valence-electron chi connectivity index (χ2n) is 8.91. The summed E-state index contributed by atoms with van der Waals surface area (Å²) >= 11 is 0. The van der Waals surface area contributed by atoms with Crippen molar-refractivity contribution in [1.29, 1.82) is 0 Å². The van der Waals surface area contributed by atoms with Crippen LogP contribution in [0.3, 0.4) is 0 Å². The summed E-state index contributed by atoms with van der Waals surface area (Å²) in [5.74, 6) is 1.81. The molecule has 6 nitrogen and oxygen atoms in total. The predicted molar refractivity (Wildman–Crippen MR) is 126 cm³/mol. The van der Waals surface area contributed by atoms with Crippen LogP contribution in [0.15, 0.2) is 24.3 Å². The molecule has 166 valence electrons. The Morgan fingerprint density at radius 1 is 1.00 bits per heavy atom. The number of amides is 2. The number of carbonyl (C=O) groups is 1. The van der Waals surface area contributed by atoms with Gasteiger partial charge in [-0.3, -0.25) is 0 Å². The van der Waals surface area contributed by atoms with Crippen molar-refractivity contribution in [2.24, 2.45) is 0 Å². The van der Waals surface area contributed by atoms with Gasteiger partial charge in [-0.25, -0.2) is 14.8 Å². The molecule has 0 spiro atoms. The first kappa shape index (κ1) is 21.6. The molecular formula is C25H35N5O. The van der Waals surface area contributed by atoms with Crippen molar-refractivity contribution in [2.75, 3.05) is 31.1 Å². The van der Waals surface area contributed by atoms with E-state index in [4.69, 9.17) is 9.97 Å². The number of nitrogens with zero attached hydrogens (tertiary/aromatic N) is 4. The van der Waals surface area contributed by atoms with Gasteiger partial charge in [0, 0.05) is 49.0 Å². The minimum atomic E-state index is 0.0986. The molecule has 6 heteroatoms. The summed E-state index contributed by atoms with van der Waals surface area (Å²) in [6.07, 6.45) is 6.90. The summed E-state index contributed by atoms with van der Waals surface area (Å²) in [4.78, 5) is 26.8. The summed E-state index contributed by atoms with van der Waals surface area (Å²) in [5, 5.41) is 3.25. The van der Waals surface area contributed by atoms with E-state index in [0.29, 0.717) is 6.04 Å². The highest BCUT2D eigenvalue weighted by atomic mass is 16.2. The van der Waals surface area contributed by atoms with Crippen LogP contribution in [0, 0.1) is 13.8 Å². The van der Waals surface area contributed by atoms with Crippen molar-refractivity contribution < 1.29 is 4.79 Å². The van der Waals surface area contributed by atoms with Gasteiger partial charge in [0.05, 0.1) is 0 Å². The van der Waals surface area contributed by atoms with Crippen LogP contribution >= 0.6 is 0 Å². The van der Waals surface area contributed by atoms with Crippen LogP contribution in [0.25, 0.3) is 11.4 Å². The molecule has 0 radical (unpaired) electrons. The Bertz CT molecular complexity index is 897. The van der Waals surface area contributed by atoms with Crippen LogP contribution in [-0.2, 0) is 6.42 Å². The summed E-state index contributed by atoms with van der Waals surface area (Å²) < 4.78 is 0. The summed E-state index contributed by atoms with van der Waals surface area (Å²) in [7, 11) is 0. The van der Waals surface area contributed by atoms with Gasteiger partial charge in [0.1, 0.15) is 5.82 Å². The molecule has 1 N–H and O–H groups in total. The van der Waals surface area contributed by atoms with Crippen molar-refractivity contribution in [3.05, 3.63) is 41.1 Å². The van der Waals surface area contributed by atoms with E-state index in [2.05, 4.69) is 55.3 Å². The van der Waals surface area contributed by atoms with Gasteiger partial charge in [-0.2, -0.15) is 0 Å². The van der Waals surface area contributed by atoms with E-state index < -0.39 is 0 Å². The lowest BCUT2D eigenvalue weighted by atomic mass is 9.96. The highest BCUT2D eigenvalue weighted by Crippen LogP contribution is 2.27. The van der Waals surface area contributed by atoms with Crippen LogP contribution in [0.4, 0.5) is 10.6 Å². The molecule has 1 saturated heterocycles. The van der Waals surface area contributed by atoms with Crippen molar-refractivity contribution in [2.45, 2.75) is 65.3 Å². The van der Waals surface area contributed by atoms with E-state index in [1.54, 1.807) is 0 Å². The maximum absolute atomic E-state index is 12.7. The van der Waals surface area contributed by atoms with Gasteiger partial charge >= 0.3 is 6.03 Å². The first-order valence-corrected chi connectivity index (χ1v) is 11.8. The minimum Gasteiger partial charge on any atom is -0.353 e. The maximum atomic E-state index is 12.7. The van der Waals surface area contributed by atoms with Crippen LogP contribution in [0.1, 0.15) is 55.8 Å². The van der Waals surface area contributed by atoms with E-state index in [1.165, 1.54) is 30.4 Å². The number of benzene rings is 1. The van der Waals surface area contributed by atoms with Crippen molar-refractivity contribution in [3.8, 4) is 11.4 Å². The summed E-state index contributed by atoms with van der Waals surface area (Å²) in [5.41, 5.74) is 4.52. The van der Waals surface area contributed by atoms with Crippen molar-refractivity contribution in [3.63, 3.8) is 0 Å². The van der Waals surface area contributed by atoms with Gasteiger partial charge < -0.3 is 15.1 Å². The third-order valence-corrected chi connectivity index (χ3v) is 6.65. The number of anilines is 1. The van der Waals surface area contributed by atoms with E-state index in [0.717, 1.165) is 68.3 Å². The largest absolute Gasteiger partial charge is 0.353 e. The SMILES string of the molecule is CCc1c(C)nc(-c2ccc(C)cc2)nc1N1CCN(C(=O)NC2CCCCC2)CC1. The lowest BCUT2D eigenvalue weighted by Gasteiger charge is -2.37. The molecule has 1 aromatic heterocycles. The maximum Gasteiger partial charge on any atom is 0.317 e. The molecule has 1 saturated carbocycles. The number of nitrogens with one attached hydrogen (secondary N) is 1. The van der Waals surface area contributed by atoms with Crippen LogP contribution in [-0.4, -0.2) is 53.1 Å². The first-order valence-electron chi connectivity index (χ1n) is 11.8. The number of piperazine rings is 1. The fourth-order valence-electron chi connectivity index (χ4n) is 4.72. The molecule has 4 rings (SSSR count). The number of carbonyl (C=O) groups excluding carboxylic acids is 1. The Balaban J connectivity index is 1.47. The Morgan fingerprint density at radius 3 is 2.32 bits per heavy atom. The monoisotopic (exact) mass is 421 g/mol. The number of urea groups is 1. The number of aromatic nitrogens is 2.